The third-order valence-corrected chi connectivity index (χ3v) is 10.9. The molecule has 0 aliphatic heterocycles. The van der Waals surface area contributed by atoms with Gasteiger partial charge in [-0.25, -0.2) is 15.0 Å². The molecule has 0 aliphatic rings. The van der Waals surface area contributed by atoms with Gasteiger partial charge in [0.05, 0.1) is 22.1 Å². The summed E-state index contributed by atoms with van der Waals surface area (Å²) in [4.78, 5) is 15.3. The van der Waals surface area contributed by atoms with Gasteiger partial charge in [0.15, 0.2) is 17.5 Å². The Morgan fingerprint density at radius 2 is 1.04 bits per heavy atom. The number of benzene rings is 7. The molecule has 51 heavy (non-hydrogen) atoms. The lowest BCUT2D eigenvalue weighted by Gasteiger charge is -2.14. The second-order valence-corrected chi connectivity index (χ2v) is 13.9. The van der Waals surface area contributed by atoms with Gasteiger partial charge in [0.25, 0.3) is 0 Å². The first-order chi connectivity index (χ1) is 25.3. The largest absolute Gasteiger partial charge is 0.456 e. The zero-order valence-electron chi connectivity index (χ0n) is 27.1. The molecule has 11 aromatic rings. The summed E-state index contributed by atoms with van der Waals surface area (Å²) in [6.45, 7) is 0. The zero-order valence-corrected chi connectivity index (χ0v) is 27.9. The Morgan fingerprint density at radius 1 is 0.431 bits per heavy atom. The van der Waals surface area contributed by atoms with E-state index in [-0.39, 0.29) is 0 Å². The van der Waals surface area contributed by atoms with E-state index in [9.17, 15) is 0 Å². The molecule has 7 aromatic carbocycles. The molecule has 0 atom stereocenters. The van der Waals surface area contributed by atoms with E-state index in [1.54, 1.807) is 11.3 Å². The summed E-state index contributed by atoms with van der Waals surface area (Å²) in [7, 11) is 0. The molecule has 0 amide bonds. The number of hydrogen-bond acceptors (Lipinski definition) is 5. The quantitative estimate of drug-likeness (QED) is 0.187. The van der Waals surface area contributed by atoms with Crippen LogP contribution in [-0.4, -0.2) is 19.5 Å². The molecule has 0 saturated carbocycles. The molecule has 0 spiro atoms. The van der Waals surface area contributed by atoms with Crippen LogP contribution < -0.4 is 0 Å². The number of thiophene rings is 1. The molecule has 0 radical (unpaired) electrons. The predicted octanol–water partition coefficient (Wildman–Crippen LogP) is 12.2. The van der Waals surface area contributed by atoms with Crippen molar-refractivity contribution in [1.82, 2.24) is 19.5 Å². The summed E-state index contributed by atoms with van der Waals surface area (Å²) in [6, 6.07) is 54.8. The fraction of sp³-hybridized carbons (Fsp3) is 0. The van der Waals surface area contributed by atoms with Crippen molar-refractivity contribution >= 4 is 75.3 Å². The molecule has 4 heterocycles. The number of fused-ring (bicyclic) bond motifs is 10. The smallest absolute Gasteiger partial charge is 0.164 e. The zero-order chi connectivity index (χ0) is 33.5. The van der Waals surface area contributed by atoms with Crippen LogP contribution in [0.3, 0.4) is 0 Å². The lowest BCUT2D eigenvalue weighted by Crippen LogP contribution is -2.01. The van der Waals surface area contributed by atoms with Gasteiger partial charge in [0.1, 0.15) is 11.2 Å². The molecule has 0 bridgehead atoms. The van der Waals surface area contributed by atoms with E-state index in [1.807, 2.05) is 66.7 Å². The maximum Gasteiger partial charge on any atom is 0.164 e. The number of nitrogens with zero attached hydrogens (tertiary/aromatic N) is 4. The van der Waals surface area contributed by atoms with Crippen molar-refractivity contribution in [3.05, 3.63) is 158 Å². The van der Waals surface area contributed by atoms with Gasteiger partial charge >= 0.3 is 0 Å². The normalized spacial score (nSPS) is 11.9. The molecular weight excluding hydrogens is 645 g/mol. The second kappa shape index (κ2) is 10.9. The van der Waals surface area contributed by atoms with Crippen molar-refractivity contribution in [2.45, 2.75) is 0 Å². The first-order valence-electron chi connectivity index (χ1n) is 16.9. The number of aromatic nitrogens is 4. The fourth-order valence-corrected chi connectivity index (χ4v) is 8.76. The molecule has 0 unspecified atom stereocenters. The van der Waals surface area contributed by atoms with E-state index < -0.39 is 0 Å². The van der Waals surface area contributed by atoms with Gasteiger partial charge in [-0.15, -0.1) is 11.3 Å². The summed E-state index contributed by atoms with van der Waals surface area (Å²) in [5.41, 5.74) is 7.89. The predicted molar refractivity (Wildman–Crippen MR) is 211 cm³/mol. The summed E-state index contributed by atoms with van der Waals surface area (Å²) in [5.74, 6) is 1.91. The molecule has 11 rings (SSSR count). The molecule has 0 saturated heterocycles. The van der Waals surface area contributed by atoms with E-state index in [0.29, 0.717) is 17.5 Å². The van der Waals surface area contributed by atoms with Gasteiger partial charge in [-0.3, -0.25) is 0 Å². The molecule has 4 aromatic heterocycles. The molecule has 6 heteroatoms. The summed E-state index contributed by atoms with van der Waals surface area (Å²) < 4.78 is 11.3. The Hall–Kier alpha value is -6.63. The standard InChI is InChI=1S/C45H26N4OS/c1-3-13-27(14-4-1)43-46-44(28-15-5-2-6-16-28)48-45(47-43)29-25-35(40-33-19-9-12-22-38(33)51-39(40)26-29)49-34-20-10-7-17-30(34)31-23-24-37-41(42(31)49)32-18-8-11-21-36(32)50-37/h1-26H. The lowest BCUT2D eigenvalue weighted by atomic mass is 10.1. The van der Waals surface area contributed by atoms with Gasteiger partial charge in [-0.1, -0.05) is 115 Å². The minimum Gasteiger partial charge on any atom is -0.456 e. The fourth-order valence-electron chi connectivity index (χ4n) is 7.59. The van der Waals surface area contributed by atoms with Crippen molar-refractivity contribution in [2.75, 3.05) is 0 Å². The molecule has 0 N–H and O–H groups in total. The van der Waals surface area contributed by atoms with Crippen LogP contribution in [-0.2, 0) is 0 Å². The van der Waals surface area contributed by atoms with E-state index >= 15 is 0 Å². The molecule has 0 fully saturated rings. The maximum absolute atomic E-state index is 6.46. The molecule has 0 aliphatic carbocycles. The van der Waals surface area contributed by atoms with Crippen molar-refractivity contribution in [1.29, 1.82) is 0 Å². The van der Waals surface area contributed by atoms with Gasteiger partial charge in [0, 0.05) is 53.0 Å². The number of para-hydroxylation sites is 2. The van der Waals surface area contributed by atoms with Crippen molar-refractivity contribution in [2.24, 2.45) is 0 Å². The SMILES string of the molecule is c1ccc(-c2nc(-c3ccccc3)nc(-c3cc(-n4c5ccccc5c5ccc6oc7ccccc7c6c54)c4c(c3)sc3ccccc34)n2)cc1. The van der Waals surface area contributed by atoms with Crippen molar-refractivity contribution in [3.8, 4) is 39.9 Å². The van der Waals surface area contributed by atoms with E-state index in [1.165, 1.54) is 30.9 Å². The highest BCUT2D eigenvalue weighted by Gasteiger charge is 2.23. The Morgan fingerprint density at radius 3 is 1.78 bits per heavy atom. The number of rotatable bonds is 4. The third kappa shape index (κ3) is 4.30. The number of hydrogen-bond donors (Lipinski definition) is 0. The van der Waals surface area contributed by atoms with Gasteiger partial charge in [-0.2, -0.15) is 0 Å². The van der Waals surface area contributed by atoms with Crippen molar-refractivity contribution in [3.63, 3.8) is 0 Å². The highest BCUT2D eigenvalue weighted by atomic mass is 32.1. The maximum atomic E-state index is 6.46. The first-order valence-corrected chi connectivity index (χ1v) is 17.8. The van der Waals surface area contributed by atoms with E-state index in [2.05, 4.69) is 95.6 Å². The number of furan rings is 1. The van der Waals surface area contributed by atoms with Crippen LogP contribution in [0.4, 0.5) is 0 Å². The average Bonchev–Trinajstić information content (AvgIpc) is 3.87. The lowest BCUT2D eigenvalue weighted by molar-refractivity contribution is 0.669. The van der Waals surface area contributed by atoms with Crippen LogP contribution in [0.2, 0.25) is 0 Å². The van der Waals surface area contributed by atoms with Crippen LogP contribution in [0, 0.1) is 0 Å². The summed E-state index contributed by atoms with van der Waals surface area (Å²) >= 11 is 1.80. The monoisotopic (exact) mass is 670 g/mol. The highest BCUT2D eigenvalue weighted by Crippen LogP contribution is 2.45. The average molecular weight is 671 g/mol. The summed E-state index contributed by atoms with van der Waals surface area (Å²) in [5, 5.41) is 7.00. The Labute approximate surface area is 295 Å². The van der Waals surface area contributed by atoms with Crippen LogP contribution in [0.15, 0.2) is 162 Å². The minimum absolute atomic E-state index is 0.628. The molecular formula is C45H26N4OS. The Balaban J connectivity index is 1.29. The highest BCUT2D eigenvalue weighted by molar-refractivity contribution is 7.26. The molecule has 238 valence electrons. The van der Waals surface area contributed by atoms with Crippen LogP contribution in [0.5, 0.6) is 0 Å². The third-order valence-electron chi connectivity index (χ3n) is 9.83. The van der Waals surface area contributed by atoms with Gasteiger partial charge < -0.3 is 8.98 Å². The Kier molecular flexibility index (Phi) is 6.05. The second-order valence-electron chi connectivity index (χ2n) is 12.8. The van der Waals surface area contributed by atoms with Crippen LogP contribution >= 0.6 is 11.3 Å². The van der Waals surface area contributed by atoms with Crippen LogP contribution in [0.25, 0.3) is 104 Å². The molecule has 5 nitrogen and oxygen atoms in total. The Bertz CT molecular complexity index is 3080. The van der Waals surface area contributed by atoms with E-state index in [4.69, 9.17) is 19.4 Å². The minimum atomic E-state index is 0.628. The summed E-state index contributed by atoms with van der Waals surface area (Å²) in [6.07, 6.45) is 0. The van der Waals surface area contributed by atoms with Crippen LogP contribution in [0.1, 0.15) is 0 Å². The first kappa shape index (κ1) is 28.2. The van der Waals surface area contributed by atoms with Crippen molar-refractivity contribution < 1.29 is 4.42 Å². The van der Waals surface area contributed by atoms with E-state index in [0.717, 1.165) is 55.3 Å². The van der Waals surface area contributed by atoms with Gasteiger partial charge in [-0.05, 0) is 42.5 Å². The van der Waals surface area contributed by atoms with Gasteiger partial charge in [0.2, 0.25) is 0 Å². The topological polar surface area (TPSA) is 56.7 Å².